The van der Waals surface area contributed by atoms with Crippen LogP contribution in [0, 0.1) is 13.8 Å². The Bertz CT molecular complexity index is 405. The second-order valence-electron chi connectivity index (χ2n) is 5.29. The zero-order valence-corrected chi connectivity index (χ0v) is 12.5. The first-order valence-electron chi connectivity index (χ1n) is 6.74. The van der Waals surface area contributed by atoms with Crippen LogP contribution in [0.25, 0.3) is 0 Å². The van der Waals surface area contributed by atoms with Gasteiger partial charge in [-0.2, -0.15) is 11.8 Å². The van der Waals surface area contributed by atoms with E-state index in [0.29, 0.717) is 12.6 Å². The molecule has 2 atom stereocenters. The Hall–Kier alpha value is -0.510. The monoisotopic (exact) mass is 264 g/mol. The van der Waals surface area contributed by atoms with Crippen molar-refractivity contribution in [3.8, 4) is 0 Å². The van der Waals surface area contributed by atoms with Crippen molar-refractivity contribution in [2.75, 3.05) is 25.4 Å². The SMILES string of the molecule is Cc1ccc(C)c(C(CN)N2CCSC(C)C2)c1. The first kappa shape index (κ1) is 13.9. The average Bonchev–Trinajstić information content (AvgIpc) is 2.35. The Labute approximate surface area is 115 Å². The van der Waals surface area contributed by atoms with E-state index in [2.05, 4.69) is 55.6 Å². The van der Waals surface area contributed by atoms with Crippen molar-refractivity contribution in [2.24, 2.45) is 5.73 Å². The summed E-state index contributed by atoms with van der Waals surface area (Å²) in [6.07, 6.45) is 0. The van der Waals surface area contributed by atoms with Crippen molar-refractivity contribution in [1.29, 1.82) is 0 Å². The van der Waals surface area contributed by atoms with Gasteiger partial charge in [-0.1, -0.05) is 30.7 Å². The molecule has 0 bridgehead atoms. The summed E-state index contributed by atoms with van der Waals surface area (Å²) in [7, 11) is 0. The molecule has 1 aliphatic rings. The van der Waals surface area contributed by atoms with Crippen molar-refractivity contribution < 1.29 is 0 Å². The maximum Gasteiger partial charge on any atom is 0.0473 e. The average molecular weight is 264 g/mol. The lowest BCUT2D eigenvalue weighted by molar-refractivity contribution is 0.210. The second kappa shape index (κ2) is 6.09. The number of hydrogen-bond donors (Lipinski definition) is 1. The molecule has 0 spiro atoms. The van der Waals surface area contributed by atoms with Gasteiger partial charge < -0.3 is 5.73 Å². The van der Waals surface area contributed by atoms with E-state index in [9.17, 15) is 0 Å². The number of aryl methyl sites for hydroxylation is 2. The third-order valence-corrected chi connectivity index (χ3v) is 4.87. The molecule has 2 nitrogen and oxygen atoms in total. The maximum atomic E-state index is 6.05. The Morgan fingerprint density at radius 1 is 1.44 bits per heavy atom. The summed E-state index contributed by atoms with van der Waals surface area (Å²) in [5.74, 6) is 1.22. The van der Waals surface area contributed by atoms with Crippen LogP contribution in [-0.4, -0.2) is 35.5 Å². The Balaban J connectivity index is 2.24. The van der Waals surface area contributed by atoms with Gasteiger partial charge in [0, 0.05) is 36.7 Å². The molecule has 1 saturated heterocycles. The van der Waals surface area contributed by atoms with Crippen LogP contribution in [0.5, 0.6) is 0 Å². The van der Waals surface area contributed by atoms with E-state index >= 15 is 0 Å². The molecular weight excluding hydrogens is 240 g/mol. The number of benzene rings is 1. The van der Waals surface area contributed by atoms with Crippen LogP contribution >= 0.6 is 11.8 Å². The molecule has 0 amide bonds. The molecule has 0 saturated carbocycles. The van der Waals surface area contributed by atoms with Crippen LogP contribution in [0.1, 0.15) is 29.7 Å². The first-order valence-corrected chi connectivity index (χ1v) is 7.79. The van der Waals surface area contributed by atoms with E-state index in [1.165, 1.54) is 22.4 Å². The molecule has 18 heavy (non-hydrogen) atoms. The van der Waals surface area contributed by atoms with Crippen LogP contribution in [0.2, 0.25) is 0 Å². The van der Waals surface area contributed by atoms with Crippen molar-refractivity contribution in [3.63, 3.8) is 0 Å². The third-order valence-electron chi connectivity index (χ3n) is 3.73. The van der Waals surface area contributed by atoms with E-state index in [1.54, 1.807) is 0 Å². The fourth-order valence-electron chi connectivity index (χ4n) is 2.72. The van der Waals surface area contributed by atoms with Gasteiger partial charge in [0.05, 0.1) is 0 Å². The van der Waals surface area contributed by atoms with Gasteiger partial charge in [0.25, 0.3) is 0 Å². The molecule has 1 aliphatic heterocycles. The van der Waals surface area contributed by atoms with Crippen LogP contribution in [-0.2, 0) is 0 Å². The lowest BCUT2D eigenvalue weighted by Crippen LogP contribution is -2.42. The fraction of sp³-hybridized carbons (Fsp3) is 0.600. The van der Waals surface area contributed by atoms with Gasteiger partial charge in [0.2, 0.25) is 0 Å². The third kappa shape index (κ3) is 3.08. The minimum Gasteiger partial charge on any atom is -0.329 e. The summed E-state index contributed by atoms with van der Waals surface area (Å²) >= 11 is 2.07. The van der Waals surface area contributed by atoms with Gasteiger partial charge >= 0.3 is 0 Å². The van der Waals surface area contributed by atoms with Gasteiger partial charge in [-0.15, -0.1) is 0 Å². The summed E-state index contributed by atoms with van der Waals surface area (Å²) in [4.78, 5) is 2.56. The van der Waals surface area contributed by atoms with Crippen molar-refractivity contribution in [2.45, 2.75) is 32.1 Å². The van der Waals surface area contributed by atoms with Gasteiger partial charge in [0.1, 0.15) is 0 Å². The van der Waals surface area contributed by atoms with E-state index in [1.807, 2.05) is 0 Å². The number of rotatable bonds is 3. The lowest BCUT2D eigenvalue weighted by atomic mass is 9.97. The molecule has 1 fully saturated rings. The topological polar surface area (TPSA) is 29.3 Å². The molecule has 0 aliphatic carbocycles. The zero-order valence-electron chi connectivity index (χ0n) is 11.6. The molecule has 2 N–H and O–H groups in total. The van der Waals surface area contributed by atoms with Crippen LogP contribution in [0.4, 0.5) is 0 Å². The highest BCUT2D eigenvalue weighted by Gasteiger charge is 2.25. The zero-order chi connectivity index (χ0) is 13.1. The summed E-state index contributed by atoms with van der Waals surface area (Å²) in [5.41, 5.74) is 10.2. The number of nitrogens with zero attached hydrogens (tertiary/aromatic N) is 1. The fourth-order valence-corrected chi connectivity index (χ4v) is 3.76. The largest absolute Gasteiger partial charge is 0.329 e. The van der Waals surface area contributed by atoms with Crippen molar-refractivity contribution in [1.82, 2.24) is 4.90 Å². The summed E-state index contributed by atoms with van der Waals surface area (Å²) in [6.45, 7) is 9.68. The highest BCUT2D eigenvalue weighted by Crippen LogP contribution is 2.28. The highest BCUT2D eigenvalue weighted by molar-refractivity contribution is 7.99. The molecule has 0 radical (unpaired) electrons. The maximum absolute atomic E-state index is 6.05. The van der Waals surface area contributed by atoms with E-state index in [-0.39, 0.29) is 0 Å². The second-order valence-corrected chi connectivity index (χ2v) is 6.83. The van der Waals surface area contributed by atoms with Crippen LogP contribution in [0.15, 0.2) is 18.2 Å². The Morgan fingerprint density at radius 3 is 2.89 bits per heavy atom. The Kier molecular flexibility index (Phi) is 4.71. The quantitative estimate of drug-likeness (QED) is 0.910. The summed E-state index contributed by atoms with van der Waals surface area (Å²) in [5, 5.41) is 0.720. The minimum absolute atomic E-state index is 0.383. The summed E-state index contributed by atoms with van der Waals surface area (Å²) in [6, 6.07) is 7.09. The van der Waals surface area contributed by atoms with Gasteiger partial charge in [0.15, 0.2) is 0 Å². The smallest absolute Gasteiger partial charge is 0.0473 e. The molecule has 0 aromatic heterocycles. The molecular formula is C15H24N2S. The number of hydrogen-bond acceptors (Lipinski definition) is 3. The van der Waals surface area contributed by atoms with Crippen molar-refractivity contribution in [3.05, 3.63) is 34.9 Å². The normalized spacial score (nSPS) is 23.0. The van der Waals surface area contributed by atoms with Crippen LogP contribution < -0.4 is 5.73 Å². The van der Waals surface area contributed by atoms with Gasteiger partial charge in [-0.3, -0.25) is 4.90 Å². The van der Waals surface area contributed by atoms with E-state index < -0.39 is 0 Å². The molecule has 1 heterocycles. The number of thioether (sulfide) groups is 1. The van der Waals surface area contributed by atoms with E-state index in [4.69, 9.17) is 5.73 Å². The molecule has 1 aromatic rings. The van der Waals surface area contributed by atoms with Gasteiger partial charge in [-0.25, -0.2) is 0 Å². The lowest BCUT2D eigenvalue weighted by Gasteiger charge is -2.37. The molecule has 2 unspecified atom stereocenters. The van der Waals surface area contributed by atoms with E-state index in [0.717, 1.165) is 18.3 Å². The molecule has 100 valence electrons. The molecule has 2 rings (SSSR count). The molecule has 1 aromatic carbocycles. The van der Waals surface area contributed by atoms with Crippen LogP contribution in [0.3, 0.4) is 0 Å². The minimum atomic E-state index is 0.383. The Morgan fingerprint density at radius 2 is 2.22 bits per heavy atom. The predicted octanol–water partition coefficient (Wildman–Crippen LogP) is 2.74. The summed E-state index contributed by atoms with van der Waals surface area (Å²) < 4.78 is 0. The number of nitrogens with two attached hydrogens (primary N) is 1. The highest BCUT2D eigenvalue weighted by atomic mass is 32.2. The predicted molar refractivity (Wildman–Crippen MR) is 81.2 cm³/mol. The van der Waals surface area contributed by atoms with Crippen molar-refractivity contribution >= 4 is 11.8 Å². The first-order chi connectivity index (χ1) is 8.61. The standard InChI is InChI=1S/C15H24N2S/c1-11-4-5-12(2)14(8-11)15(9-16)17-6-7-18-13(3)10-17/h4-5,8,13,15H,6-7,9-10,16H2,1-3H3. The van der Waals surface area contributed by atoms with Gasteiger partial charge in [-0.05, 0) is 25.0 Å². The molecule has 3 heteroatoms.